The van der Waals surface area contributed by atoms with Crippen LogP contribution in [-0.2, 0) is 4.74 Å². The predicted octanol–water partition coefficient (Wildman–Crippen LogP) is 2.62. The second kappa shape index (κ2) is 8.85. The first-order valence-electron chi connectivity index (χ1n) is 11.3. The molecule has 2 bridgehead atoms. The summed E-state index contributed by atoms with van der Waals surface area (Å²) in [6.07, 6.45) is 2.17. The van der Waals surface area contributed by atoms with Gasteiger partial charge in [0.1, 0.15) is 24.1 Å². The van der Waals surface area contributed by atoms with Gasteiger partial charge in [-0.1, -0.05) is 6.07 Å². The summed E-state index contributed by atoms with van der Waals surface area (Å²) in [5, 5.41) is 9.93. The molecule has 32 heavy (non-hydrogen) atoms. The van der Waals surface area contributed by atoms with Gasteiger partial charge < -0.3 is 24.8 Å². The lowest BCUT2D eigenvalue weighted by molar-refractivity contribution is 0.0321. The van der Waals surface area contributed by atoms with Crippen LogP contribution in [0, 0.1) is 11.3 Å². The van der Waals surface area contributed by atoms with Crippen LogP contribution in [0.5, 0.6) is 11.5 Å². The Kier molecular flexibility index (Phi) is 5.77. The van der Waals surface area contributed by atoms with Gasteiger partial charge in [0, 0.05) is 44.2 Å². The predicted molar refractivity (Wildman–Crippen MR) is 122 cm³/mol. The van der Waals surface area contributed by atoms with Crippen LogP contribution in [-0.4, -0.2) is 69.5 Å². The van der Waals surface area contributed by atoms with Crippen molar-refractivity contribution in [1.82, 2.24) is 9.88 Å². The molecule has 1 aromatic carbocycles. The minimum Gasteiger partial charge on any atom is -0.493 e. The normalized spacial score (nSPS) is 18.3. The van der Waals surface area contributed by atoms with E-state index in [1.807, 2.05) is 18.2 Å². The first-order valence-corrected chi connectivity index (χ1v) is 11.3. The van der Waals surface area contributed by atoms with Crippen molar-refractivity contribution < 1.29 is 14.2 Å². The molecule has 5 heterocycles. The number of piperidine rings is 1. The Morgan fingerprint density at radius 2 is 1.97 bits per heavy atom. The SMILES string of the molecule is COc1ccc(-c2c(C#N)c(N)nc3c2N2CCC3CC2)cc1OCCN1CCOCC1. The molecule has 8 heteroatoms. The average molecular weight is 436 g/mol. The number of rotatable bonds is 6. The summed E-state index contributed by atoms with van der Waals surface area (Å²) >= 11 is 0. The number of nitrogens with two attached hydrogens (primary N) is 1. The lowest BCUT2D eigenvalue weighted by atomic mass is 9.83. The molecule has 0 spiro atoms. The molecule has 168 valence electrons. The van der Waals surface area contributed by atoms with Crippen LogP contribution >= 0.6 is 0 Å². The van der Waals surface area contributed by atoms with Crippen LogP contribution in [0.4, 0.5) is 11.5 Å². The summed E-state index contributed by atoms with van der Waals surface area (Å²) in [6.45, 7) is 6.73. The van der Waals surface area contributed by atoms with E-state index in [1.165, 1.54) is 0 Å². The largest absolute Gasteiger partial charge is 0.493 e. The molecule has 2 saturated heterocycles. The Bertz CT molecular complexity index is 1040. The van der Waals surface area contributed by atoms with E-state index >= 15 is 0 Å². The van der Waals surface area contributed by atoms with Crippen molar-refractivity contribution >= 4 is 11.5 Å². The molecule has 2 N–H and O–H groups in total. The fourth-order valence-electron chi connectivity index (χ4n) is 5.04. The number of nitrogens with zero attached hydrogens (tertiary/aromatic N) is 4. The van der Waals surface area contributed by atoms with Gasteiger partial charge in [-0.05, 0) is 30.5 Å². The molecule has 0 unspecified atom stereocenters. The monoisotopic (exact) mass is 435 g/mol. The Labute approximate surface area is 188 Å². The van der Waals surface area contributed by atoms with E-state index in [0.29, 0.717) is 35.4 Å². The second-order valence-electron chi connectivity index (χ2n) is 8.52. The van der Waals surface area contributed by atoms with Crippen LogP contribution < -0.4 is 20.1 Å². The molecule has 0 aliphatic carbocycles. The number of fused-ring (bicyclic) bond motifs is 2. The third-order valence-corrected chi connectivity index (χ3v) is 6.76. The number of anilines is 2. The maximum Gasteiger partial charge on any atom is 0.161 e. The quantitative estimate of drug-likeness (QED) is 0.740. The zero-order valence-electron chi connectivity index (χ0n) is 18.5. The van der Waals surface area contributed by atoms with Crippen molar-refractivity contribution in [2.24, 2.45) is 0 Å². The second-order valence-corrected chi connectivity index (χ2v) is 8.52. The van der Waals surface area contributed by atoms with E-state index in [0.717, 1.165) is 81.3 Å². The highest BCUT2D eigenvalue weighted by Gasteiger charge is 2.36. The van der Waals surface area contributed by atoms with E-state index in [1.54, 1.807) is 7.11 Å². The van der Waals surface area contributed by atoms with Crippen molar-refractivity contribution in [3.63, 3.8) is 0 Å². The van der Waals surface area contributed by atoms with Gasteiger partial charge in [-0.15, -0.1) is 0 Å². The topological polar surface area (TPSA) is 96.9 Å². The molecule has 0 atom stereocenters. The van der Waals surface area contributed by atoms with Crippen LogP contribution in [0.15, 0.2) is 18.2 Å². The van der Waals surface area contributed by atoms with Gasteiger partial charge in [-0.25, -0.2) is 4.98 Å². The molecule has 0 amide bonds. The molecule has 4 aliphatic heterocycles. The minimum absolute atomic E-state index is 0.306. The summed E-state index contributed by atoms with van der Waals surface area (Å²) in [6, 6.07) is 8.15. The Morgan fingerprint density at radius 3 is 2.69 bits per heavy atom. The highest BCUT2D eigenvalue weighted by molar-refractivity contribution is 5.90. The highest BCUT2D eigenvalue weighted by atomic mass is 16.5. The lowest BCUT2D eigenvalue weighted by Crippen LogP contribution is -2.40. The maximum atomic E-state index is 9.93. The van der Waals surface area contributed by atoms with Gasteiger partial charge in [0.05, 0.1) is 31.7 Å². The van der Waals surface area contributed by atoms with E-state index in [4.69, 9.17) is 19.9 Å². The smallest absolute Gasteiger partial charge is 0.161 e. The molecule has 0 radical (unpaired) electrons. The standard InChI is InChI=1S/C24H29N5O3/c1-30-19-3-2-17(14-20(19)32-13-10-28-8-11-31-12-9-28)21-18(15-25)24(26)27-22-16-4-6-29(7-5-16)23(21)22/h2-3,14,16H,4-13H2,1H3,(H2,26,27). The number of nitrogen functional groups attached to an aromatic ring is 1. The fourth-order valence-corrected chi connectivity index (χ4v) is 5.04. The number of morpholine rings is 1. The first kappa shape index (κ1) is 20.9. The third-order valence-electron chi connectivity index (χ3n) is 6.76. The molecule has 6 rings (SSSR count). The van der Waals surface area contributed by atoms with Crippen molar-refractivity contribution in [3.8, 4) is 28.7 Å². The van der Waals surface area contributed by atoms with E-state index in [9.17, 15) is 5.26 Å². The average Bonchev–Trinajstić information content (AvgIpc) is 2.84. The Balaban J connectivity index is 1.50. The number of aromatic nitrogens is 1. The highest BCUT2D eigenvalue weighted by Crippen LogP contribution is 2.49. The van der Waals surface area contributed by atoms with Crippen molar-refractivity contribution in [1.29, 1.82) is 5.26 Å². The van der Waals surface area contributed by atoms with E-state index in [2.05, 4.69) is 20.9 Å². The van der Waals surface area contributed by atoms with Crippen molar-refractivity contribution in [2.45, 2.75) is 18.8 Å². The Hall–Kier alpha value is -3.02. The molecule has 4 aliphatic rings. The number of methoxy groups -OCH3 is 1. The summed E-state index contributed by atoms with van der Waals surface area (Å²) in [5.41, 5.74) is 10.5. The van der Waals surface area contributed by atoms with Crippen LogP contribution in [0.2, 0.25) is 0 Å². The molecular weight excluding hydrogens is 406 g/mol. The van der Waals surface area contributed by atoms with Gasteiger partial charge in [0.25, 0.3) is 0 Å². The van der Waals surface area contributed by atoms with Crippen LogP contribution in [0.1, 0.15) is 30.0 Å². The summed E-state index contributed by atoms with van der Waals surface area (Å²) in [4.78, 5) is 9.33. The van der Waals surface area contributed by atoms with Crippen LogP contribution in [0.25, 0.3) is 11.1 Å². The number of benzene rings is 1. The first-order chi connectivity index (χ1) is 15.7. The summed E-state index contributed by atoms with van der Waals surface area (Å²) in [5.74, 6) is 2.06. The molecule has 0 saturated carbocycles. The number of nitriles is 1. The zero-order valence-corrected chi connectivity index (χ0v) is 18.5. The number of ether oxygens (including phenoxy) is 3. The lowest BCUT2D eigenvalue weighted by Gasteiger charge is -2.42. The molecular formula is C24H29N5O3. The number of pyridine rings is 1. The van der Waals surface area contributed by atoms with Crippen LogP contribution in [0.3, 0.4) is 0 Å². The van der Waals surface area contributed by atoms with Crippen molar-refractivity contribution in [3.05, 3.63) is 29.5 Å². The fraction of sp³-hybridized carbons (Fsp3) is 0.500. The Morgan fingerprint density at radius 1 is 1.19 bits per heavy atom. The van der Waals surface area contributed by atoms with Gasteiger partial charge in [-0.2, -0.15) is 5.26 Å². The van der Waals surface area contributed by atoms with Gasteiger partial charge in [0.15, 0.2) is 11.5 Å². The van der Waals surface area contributed by atoms with Gasteiger partial charge >= 0.3 is 0 Å². The maximum absolute atomic E-state index is 9.93. The zero-order chi connectivity index (χ0) is 22.1. The van der Waals surface area contributed by atoms with Gasteiger partial charge in [-0.3, -0.25) is 4.90 Å². The minimum atomic E-state index is 0.306. The third kappa shape index (κ3) is 3.72. The molecule has 1 aromatic heterocycles. The van der Waals surface area contributed by atoms with E-state index < -0.39 is 0 Å². The number of hydrogen-bond acceptors (Lipinski definition) is 8. The van der Waals surface area contributed by atoms with Crippen molar-refractivity contribution in [2.75, 3.05) is 70.3 Å². The van der Waals surface area contributed by atoms with Gasteiger partial charge in [0.2, 0.25) is 0 Å². The molecule has 2 aromatic rings. The van der Waals surface area contributed by atoms with E-state index in [-0.39, 0.29) is 0 Å². The number of hydrogen-bond donors (Lipinski definition) is 1. The molecule has 2 fully saturated rings. The summed E-state index contributed by atoms with van der Waals surface area (Å²) in [7, 11) is 1.64. The molecule has 8 nitrogen and oxygen atoms in total. The summed E-state index contributed by atoms with van der Waals surface area (Å²) < 4.78 is 17.1.